The maximum absolute atomic E-state index is 12.0. The van der Waals surface area contributed by atoms with Crippen LogP contribution in [0.2, 0.25) is 0 Å². The van der Waals surface area contributed by atoms with Crippen molar-refractivity contribution in [2.45, 2.75) is 32.3 Å². The number of aliphatic hydroxyl groups excluding tert-OH is 1. The third-order valence-corrected chi connectivity index (χ3v) is 4.13. The quantitative estimate of drug-likeness (QED) is 0.799. The van der Waals surface area contributed by atoms with E-state index in [0.29, 0.717) is 38.5 Å². The largest absolute Gasteiger partial charge is 0.385 e. The van der Waals surface area contributed by atoms with E-state index in [1.807, 2.05) is 29.6 Å². The molecular formula is C15H25N3O3. The predicted molar refractivity (Wildman–Crippen MR) is 78.6 cm³/mol. The van der Waals surface area contributed by atoms with E-state index in [1.165, 1.54) is 0 Å². The second-order valence-electron chi connectivity index (χ2n) is 5.51. The highest BCUT2D eigenvalue weighted by Crippen LogP contribution is 2.29. The van der Waals surface area contributed by atoms with Gasteiger partial charge in [-0.05, 0) is 25.7 Å². The zero-order valence-corrected chi connectivity index (χ0v) is 12.9. The molecule has 0 bridgehead atoms. The van der Waals surface area contributed by atoms with Crippen LogP contribution in [0.1, 0.15) is 38.1 Å². The summed E-state index contributed by atoms with van der Waals surface area (Å²) in [6, 6.07) is 0. The van der Waals surface area contributed by atoms with E-state index in [4.69, 9.17) is 4.74 Å². The fraction of sp³-hybridized carbons (Fsp3) is 0.733. The van der Waals surface area contributed by atoms with Gasteiger partial charge < -0.3 is 19.3 Å². The molecule has 0 saturated carbocycles. The Labute approximate surface area is 125 Å². The van der Waals surface area contributed by atoms with Crippen LogP contribution in [0.5, 0.6) is 0 Å². The number of aromatic nitrogens is 2. The zero-order valence-electron chi connectivity index (χ0n) is 12.9. The second kappa shape index (κ2) is 7.56. The summed E-state index contributed by atoms with van der Waals surface area (Å²) in [6.07, 6.45) is 5.06. The molecule has 1 aliphatic rings. The molecule has 1 atom stereocenters. The molecule has 1 aromatic heterocycles. The van der Waals surface area contributed by atoms with Gasteiger partial charge in [-0.1, -0.05) is 0 Å². The lowest BCUT2D eigenvalue weighted by Gasteiger charge is -2.34. The normalized spacial score (nSPS) is 18.0. The van der Waals surface area contributed by atoms with Gasteiger partial charge in [-0.25, -0.2) is 4.98 Å². The molecule has 1 saturated heterocycles. The summed E-state index contributed by atoms with van der Waals surface area (Å²) in [6.45, 7) is 4.47. The van der Waals surface area contributed by atoms with Gasteiger partial charge in [0, 0.05) is 39.1 Å². The number of aryl methyl sites for hydroxylation is 1. The van der Waals surface area contributed by atoms with E-state index in [-0.39, 0.29) is 11.8 Å². The highest BCUT2D eigenvalue weighted by molar-refractivity contribution is 5.76. The van der Waals surface area contributed by atoms with Crippen molar-refractivity contribution in [2.24, 2.45) is 13.0 Å². The Kier molecular flexibility index (Phi) is 5.76. The maximum atomic E-state index is 12.0. The van der Waals surface area contributed by atoms with Gasteiger partial charge in [-0.2, -0.15) is 0 Å². The average Bonchev–Trinajstić information content (AvgIpc) is 2.93. The lowest BCUT2D eigenvalue weighted by atomic mass is 9.90. The SMILES string of the molecule is CCOCCC(=O)N1CCC([C@H](O)c2nccn2C)CC1. The van der Waals surface area contributed by atoms with E-state index in [1.54, 1.807) is 6.20 Å². The molecule has 1 amide bonds. The summed E-state index contributed by atoms with van der Waals surface area (Å²) in [5.41, 5.74) is 0. The minimum atomic E-state index is -0.550. The number of nitrogens with zero attached hydrogens (tertiary/aromatic N) is 3. The summed E-state index contributed by atoms with van der Waals surface area (Å²) in [5.74, 6) is 1.02. The molecule has 2 rings (SSSR count). The number of carbonyl (C=O) groups is 1. The fourth-order valence-electron chi connectivity index (χ4n) is 2.80. The average molecular weight is 295 g/mol. The van der Waals surface area contributed by atoms with Gasteiger partial charge in [0.1, 0.15) is 11.9 Å². The first-order valence-corrected chi connectivity index (χ1v) is 7.64. The number of carbonyl (C=O) groups excluding carboxylic acids is 1. The van der Waals surface area contributed by atoms with Crippen LogP contribution in [0.4, 0.5) is 0 Å². The smallest absolute Gasteiger partial charge is 0.224 e. The number of hydrogen-bond donors (Lipinski definition) is 1. The Morgan fingerprint density at radius 3 is 2.81 bits per heavy atom. The van der Waals surface area contributed by atoms with Crippen LogP contribution in [-0.2, 0) is 16.6 Å². The number of ether oxygens (including phenoxy) is 1. The molecule has 0 aromatic carbocycles. The highest BCUT2D eigenvalue weighted by atomic mass is 16.5. The third kappa shape index (κ3) is 4.04. The summed E-state index contributed by atoms with van der Waals surface area (Å²) in [5, 5.41) is 10.4. The molecule has 1 aromatic rings. The van der Waals surface area contributed by atoms with Crippen LogP contribution in [0.3, 0.4) is 0 Å². The van der Waals surface area contributed by atoms with Crippen LogP contribution in [-0.4, -0.2) is 51.8 Å². The second-order valence-corrected chi connectivity index (χ2v) is 5.51. The van der Waals surface area contributed by atoms with Crippen molar-refractivity contribution >= 4 is 5.91 Å². The van der Waals surface area contributed by atoms with E-state index in [0.717, 1.165) is 12.8 Å². The standard InChI is InChI=1S/C15H25N3O3/c1-3-21-11-6-13(19)18-8-4-12(5-9-18)14(20)15-16-7-10-17(15)2/h7,10,12,14,20H,3-6,8-9,11H2,1-2H3/t14-/m0/s1. The van der Waals surface area contributed by atoms with Crippen LogP contribution in [0.15, 0.2) is 12.4 Å². The van der Waals surface area contributed by atoms with Gasteiger partial charge in [0.2, 0.25) is 5.91 Å². The number of piperidine rings is 1. The first-order chi connectivity index (χ1) is 10.1. The number of amides is 1. The van der Waals surface area contributed by atoms with Crippen LogP contribution < -0.4 is 0 Å². The van der Waals surface area contributed by atoms with E-state index < -0.39 is 6.10 Å². The monoisotopic (exact) mass is 295 g/mol. The number of imidazole rings is 1. The molecule has 6 heteroatoms. The van der Waals surface area contributed by atoms with Crippen LogP contribution >= 0.6 is 0 Å². The maximum Gasteiger partial charge on any atom is 0.224 e. The summed E-state index contributed by atoms with van der Waals surface area (Å²) in [4.78, 5) is 18.1. The summed E-state index contributed by atoms with van der Waals surface area (Å²) >= 11 is 0. The molecule has 1 N–H and O–H groups in total. The first kappa shape index (κ1) is 16.0. The zero-order chi connectivity index (χ0) is 15.2. The van der Waals surface area contributed by atoms with E-state index in [2.05, 4.69) is 4.98 Å². The van der Waals surface area contributed by atoms with Crippen molar-refractivity contribution in [2.75, 3.05) is 26.3 Å². The molecule has 0 unspecified atom stereocenters. The fourth-order valence-corrected chi connectivity index (χ4v) is 2.80. The minimum absolute atomic E-state index is 0.147. The number of rotatable bonds is 6. The Hall–Kier alpha value is -1.40. The lowest BCUT2D eigenvalue weighted by Crippen LogP contribution is -2.40. The van der Waals surface area contributed by atoms with Crippen molar-refractivity contribution in [1.82, 2.24) is 14.5 Å². The molecule has 0 radical (unpaired) electrons. The van der Waals surface area contributed by atoms with Crippen molar-refractivity contribution < 1.29 is 14.6 Å². The van der Waals surface area contributed by atoms with Gasteiger partial charge in [0.25, 0.3) is 0 Å². The molecule has 0 spiro atoms. The van der Waals surface area contributed by atoms with Crippen molar-refractivity contribution in [3.63, 3.8) is 0 Å². The summed E-state index contributed by atoms with van der Waals surface area (Å²) in [7, 11) is 1.89. The Morgan fingerprint density at radius 1 is 1.52 bits per heavy atom. The number of likely N-dealkylation sites (tertiary alicyclic amines) is 1. The van der Waals surface area contributed by atoms with E-state index in [9.17, 15) is 9.90 Å². The molecular weight excluding hydrogens is 270 g/mol. The Bertz CT molecular complexity index is 453. The minimum Gasteiger partial charge on any atom is -0.385 e. The third-order valence-electron chi connectivity index (χ3n) is 4.13. The molecule has 0 aliphatic carbocycles. The first-order valence-electron chi connectivity index (χ1n) is 7.64. The summed E-state index contributed by atoms with van der Waals surface area (Å²) < 4.78 is 7.07. The van der Waals surface area contributed by atoms with Crippen molar-refractivity contribution in [3.05, 3.63) is 18.2 Å². The van der Waals surface area contributed by atoms with Gasteiger partial charge in [0.05, 0.1) is 13.0 Å². The predicted octanol–water partition coefficient (Wildman–Crippen LogP) is 1.12. The van der Waals surface area contributed by atoms with E-state index >= 15 is 0 Å². The lowest BCUT2D eigenvalue weighted by molar-refractivity contribution is -0.134. The Morgan fingerprint density at radius 2 is 2.24 bits per heavy atom. The van der Waals surface area contributed by atoms with Gasteiger partial charge >= 0.3 is 0 Å². The van der Waals surface area contributed by atoms with Crippen LogP contribution in [0.25, 0.3) is 0 Å². The van der Waals surface area contributed by atoms with Crippen molar-refractivity contribution in [1.29, 1.82) is 0 Å². The van der Waals surface area contributed by atoms with Gasteiger partial charge in [-0.3, -0.25) is 4.79 Å². The molecule has 6 nitrogen and oxygen atoms in total. The molecule has 118 valence electrons. The van der Waals surface area contributed by atoms with Crippen molar-refractivity contribution in [3.8, 4) is 0 Å². The highest BCUT2D eigenvalue weighted by Gasteiger charge is 2.29. The molecule has 2 heterocycles. The number of hydrogen-bond acceptors (Lipinski definition) is 4. The molecule has 1 aliphatic heterocycles. The van der Waals surface area contributed by atoms with Gasteiger partial charge in [0.15, 0.2) is 0 Å². The Balaban J connectivity index is 1.80. The van der Waals surface area contributed by atoms with Gasteiger partial charge in [-0.15, -0.1) is 0 Å². The molecule has 21 heavy (non-hydrogen) atoms. The van der Waals surface area contributed by atoms with Crippen LogP contribution in [0, 0.1) is 5.92 Å². The topological polar surface area (TPSA) is 67.6 Å². The number of aliphatic hydroxyl groups is 1. The molecule has 1 fully saturated rings.